The van der Waals surface area contributed by atoms with E-state index in [0.717, 1.165) is 16.7 Å². The van der Waals surface area contributed by atoms with Crippen molar-refractivity contribution in [2.45, 2.75) is 12.5 Å². The number of carboxylic acids is 1. The monoisotopic (exact) mass is 269 g/mol. The Morgan fingerprint density at radius 2 is 1.65 bits per heavy atom. The van der Waals surface area contributed by atoms with E-state index in [1.165, 1.54) is 0 Å². The fourth-order valence-corrected chi connectivity index (χ4v) is 2.07. The van der Waals surface area contributed by atoms with Crippen LogP contribution >= 0.6 is 0 Å². The van der Waals surface area contributed by atoms with Gasteiger partial charge in [0.1, 0.15) is 0 Å². The van der Waals surface area contributed by atoms with Gasteiger partial charge in [0.15, 0.2) is 0 Å². The standard InChI is InChI=1S/C16H15NO3/c18-11-17-15(10-16(19)20)14-8-6-13(7-9-14)12-4-2-1-3-5-12/h1-9,11,15H,10H2,(H,17,18)(H,19,20)/t15-/m1/s1. The molecule has 0 aromatic heterocycles. The third-order valence-corrected chi connectivity index (χ3v) is 3.07. The molecule has 2 aromatic rings. The molecule has 0 aliphatic heterocycles. The number of benzene rings is 2. The minimum absolute atomic E-state index is 0.135. The van der Waals surface area contributed by atoms with Crippen LogP contribution in [0.15, 0.2) is 54.6 Å². The van der Waals surface area contributed by atoms with Crippen molar-refractivity contribution in [2.75, 3.05) is 0 Å². The Hall–Kier alpha value is -2.62. The molecule has 2 aromatic carbocycles. The summed E-state index contributed by atoms with van der Waals surface area (Å²) in [5.41, 5.74) is 2.92. The maximum Gasteiger partial charge on any atom is 0.305 e. The van der Waals surface area contributed by atoms with Gasteiger partial charge in [0, 0.05) is 0 Å². The molecule has 0 aliphatic rings. The first-order valence-corrected chi connectivity index (χ1v) is 6.27. The average Bonchev–Trinajstić information content (AvgIpc) is 2.47. The summed E-state index contributed by atoms with van der Waals surface area (Å²) in [6.07, 6.45) is 0.391. The molecule has 0 unspecified atom stereocenters. The predicted octanol–water partition coefficient (Wildman–Crippen LogP) is 2.62. The van der Waals surface area contributed by atoms with Crippen molar-refractivity contribution in [1.29, 1.82) is 0 Å². The van der Waals surface area contributed by atoms with Gasteiger partial charge in [-0.05, 0) is 16.7 Å². The van der Waals surface area contributed by atoms with E-state index in [1.807, 2.05) is 54.6 Å². The average molecular weight is 269 g/mol. The normalized spacial score (nSPS) is 11.6. The Bertz CT molecular complexity index is 578. The summed E-state index contributed by atoms with van der Waals surface area (Å²) in [5.74, 6) is -0.948. The smallest absolute Gasteiger partial charge is 0.305 e. The van der Waals surface area contributed by atoms with E-state index in [1.54, 1.807) is 0 Å². The molecule has 20 heavy (non-hydrogen) atoms. The van der Waals surface area contributed by atoms with E-state index in [9.17, 15) is 9.59 Å². The lowest BCUT2D eigenvalue weighted by Gasteiger charge is -2.14. The third-order valence-electron chi connectivity index (χ3n) is 3.07. The number of hydrogen-bond acceptors (Lipinski definition) is 2. The minimum Gasteiger partial charge on any atom is -0.481 e. The predicted molar refractivity (Wildman–Crippen MR) is 76.1 cm³/mol. The molecule has 2 N–H and O–H groups in total. The summed E-state index contributed by atoms with van der Waals surface area (Å²) >= 11 is 0. The molecule has 0 heterocycles. The fourth-order valence-electron chi connectivity index (χ4n) is 2.07. The van der Waals surface area contributed by atoms with Gasteiger partial charge in [-0.25, -0.2) is 0 Å². The zero-order chi connectivity index (χ0) is 14.4. The highest BCUT2D eigenvalue weighted by atomic mass is 16.4. The van der Waals surface area contributed by atoms with Crippen LogP contribution in [0.2, 0.25) is 0 Å². The molecule has 0 saturated carbocycles. The molecule has 0 saturated heterocycles. The Balaban J connectivity index is 2.21. The molecule has 0 aliphatic carbocycles. The van der Waals surface area contributed by atoms with Crippen molar-refractivity contribution >= 4 is 12.4 Å². The van der Waals surface area contributed by atoms with Gasteiger partial charge in [0.05, 0.1) is 12.5 Å². The molecule has 4 nitrogen and oxygen atoms in total. The Kier molecular flexibility index (Phi) is 4.50. The van der Waals surface area contributed by atoms with Crippen LogP contribution in [0.5, 0.6) is 0 Å². The quantitative estimate of drug-likeness (QED) is 0.792. The molecule has 102 valence electrons. The topological polar surface area (TPSA) is 66.4 Å². The number of aliphatic carboxylic acids is 1. The van der Waals surface area contributed by atoms with Crippen LogP contribution < -0.4 is 5.32 Å². The number of rotatable bonds is 6. The van der Waals surface area contributed by atoms with E-state index >= 15 is 0 Å². The lowest BCUT2D eigenvalue weighted by molar-refractivity contribution is -0.137. The summed E-state index contributed by atoms with van der Waals surface area (Å²) in [6.45, 7) is 0. The first-order chi connectivity index (χ1) is 9.70. The van der Waals surface area contributed by atoms with Crippen molar-refractivity contribution < 1.29 is 14.7 Å². The number of amides is 1. The third kappa shape index (κ3) is 3.45. The molecule has 2 rings (SSSR count). The zero-order valence-corrected chi connectivity index (χ0v) is 10.8. The summed E-state index contributed by atoms with van der Waals surface area (Å²) in [7, 11) is 0. The van der Waals surface area contributed by atoms with Crippen LogP contribution in [0.1, 0.15) is 18.0 Å². The van der Waals surface area contributed by atoms with Gasteiger partial charge in [0.2, 0.25) is 6.41 Å². The first-order valence-electron chi connectivity index (χ1n) is 6.27. The number of nitrogens with one attached hydrogen (secondary N) is 1. The summed E-state index contributed by atoms with van der Waals surface area (Å²) in [5, 5.41) is 11.4. The van der Waals surface area contributed by atoms with Gasteiger partial charge in [0.25, 0.3) is 0 Å². The Morgan fingerprint density at radius 1 is 1.05 bits per heavy atom. The number of carboxylic acid groups (broad SMARTS) is 1. The van der Waals surface area contributed by atoms with Crippen LogP contribution in [-0.2, 0) is 9.59 Å². The van der Waals surface area contributed by atoms with Crippen molar-refractivity contribution in [1.82, 2.24) is 5.32 Å². The van der Waals surface area contributed by atoms with Gasteiger partial charge in [-0.2, -0.15) is 0 Å². The van der Waals surface area contributed by atoms with Gasteiger partial charge in [-0.15, -0.1) is 0 Å². The molecule has 0 spiro atoms. The summed E-state index contributed by atoms with van der Waals surface area (Å²) in [4.78, 5) is 21.3. The highest BCUT2D eigenvalue weighted by Crippen LogP contribution is 2.23. The van der Waals surface area contributed by atoms with Crippen molar-refractivity contribution in [3.8, 4) is 11.1 Å². The highest BCUT2D eigenvalue weighted by Gasteiger charge is 2.14. The molecule has 4 heteroatoms. The second-order valence-corrected chi connectivity index (χ2v) is 4.42. The van der Waals surface area contributed by atoms with Crippen LogP contribution in [0.3, 0.4) is 0 Å². The van der Waals surface area contributed by atoms with Gasteiger partial charge < -0.3 is 10.4 Å². The summed E-state index contributed by atoms with van der Waals surface area (Å²) in [6, 6.07) is 16.9. The fraction of sp³-hybridized carbons (Fsp3) is 0.125. The maximum absolute atomic E-state index is 10.8. The highest BCUT2D eigenvalue weighted by molar-refractivity contribution is 5.69. The number of carbonyl (C=O) groups excluding carboxylic acids is 1. The molecule has 1 amide bonds. The lowest BCUT2D eigenvalue weighted by atomic mass is 9.99. The molecule has 1 atom stereocenters. The van der Waals surface area contributed by atoms with E-state index in [2.05, 4.69) is 5.32 Å². The number of hydrogen-bond donors (Lipinski definition) is 2. The van der Waals surface area contributed by atoms with Crippen LogP contribution in [0.25, 0.3) is 11.1 Å². The van der Waals surface area contributed by atoms with E-state index in [4.69, 9.17) is 5.11 Å². The van der Waals surface area contributed by atoms with Crippen LogP contribution in [0.4, 0.5) is 0 Å². The number of carbonyl (C=O) groups is 2. The second-order valence-electron chi connectivity index (χ2n) is 4.42. The Morgan fingerprint density at radius 3 is 2.20 bits per heavy atom. The molecule has 0 radical (unpaired) electrons. The zero-order valence-electron chi connectivity index (χ0n) is 10.8. The van der Waals surface area contributed by atoms with Crippen LogP contribution in [0, 0.1) is 0 Å². The molecule has 0 bridgehead atoms. The van der Waals surface area contributed by atoms with Gasteiger partial charge >= 0.3 is 5.97 Å². The molecular weight excluding hydrogens is 254 g/mol. The Labute approximate surface area is 117 Å². The SMILES string of the molecule is O=CN[C@H](CC(=O)O)c1ccc(-c2ccccc2)cc1. The molecular formula is C16H15NO3. The van der Waals surface area contributed by atoms with Crippen molar-refractivity contribution in [3.63, 3.8) is 0 Å². The van der Waals surface area contributed by atoms with E-state index in [0.29, 0.717) is 6.41 Å². The maximum atomic E-state index is 10.8. The van der Waals surface area contributed by atoms with Gasteiger partial charge in [-0.1, -0.05) is 54.6 Å². The molecule has 0 fully saturated rings. The van der Waals surface area contributed by atoms with Crippen molar-refractivity contribution in [3.05, 3.63) is 60.2 Å². The largest absolute Gasteiger partial charge is 0.481 e. The summed E-state index contributed by atoms with van der Waals surface area (Å²) < 4.78 is 0. The second kappa shape index (κ2) is 6.52. The minimum atomic E-state index is -0.948. The van der Waals surface area contributed by atoms with Gasteiger partial charge in [-0.3, -0.25) is 9.59 Å². The van der Waals surface area contributed by atoms with E-state index < -0.39 is 12.0 Å². The first kappa shape index (κ1) is 13.8. The van der Waals surface area contributed by atoms with Crippen LogP contribution in [-0.4, -0.2) is 17.5 Å². The lowest BCUT2D eigenvalue weighted by Crippen LogP contribution is -2.22. The van der Waals surface area contributed by atoms with Crippen molar-refractivity contribution in [2.24, 2.45) is 0 Å². The van der Waals surface area contributed by atoms with E-state index in [-0.39, 0.29) is 6.42 Å².